The van der Waals surface area contributed by atoms with Crippen LogP contribution in [0.25, 0.3) is 0 Å². The molecule has 0 aromatic heterocycles. The minimum absolute atomic E-state index is 0.307. The average molecular weight is 356 g/mol. The van der Waals surface area contributed by atoms with Crippen molar-refractivity contribution in [2.75, 3.05) is 12.4 Å². The first-order chi connectivity index (χ1) is 9.62. The van der Waals surface area contributed by atoms with Crippen molar-refractivity contribution in [1.82, 2.24) is 0 Å². The maximum absolute atomic E-state index is 12.6. The predicted molar refractivity (Wildman–Crippen MR) is 86.4 cm³/mol. The van der Waals surface area contributed by atoms with Crippen LogP contribution in [0.1, 0.15) is 34.1 Å². The maximum Gasteiger partial charge on any atom is 0.334 e. The summed E-state index contributed by atoms with van der Waals surface area (Å²) in [5.74, 6) is -0.307. The van der Waals surface area contributed by atoms with Gasteiger partial charge in [-0.25, -0.2) is 4.79 Å². The lowest BCUT2D eigenvalue weighted by Gasteiger charge is -2.38. The molecule has 1 fully saturated rings. The van der Waals surface area contributed by atoms with Crippen LogP contribution >= 0.6 is 15.9 Å². The molecule has 116 valence electrons. The van der Waals surface area contributed by atoms with Gasteiger partial charge in [-0.15, -0.1) is 0 Å². The zero-order valence-corrected chi connectivity index (χ0v) is 14.7. The molecule has 0 radical (unpaired) electrons. The molecule has 1 aliphatic heterocycles. The second-order valence-corrected chi connectivity index (χ2v) is 7.50. The highest BCUT2D eigenvalue weighted by molar-refractivity contribution is 9.10. The van der Waals surface area contributed by atoms with Crippen molar-refractivity contribution in [3.8, 4) is 0 Å². The smallest absolute Gasteiger partial charge is 0.334 e. The number of hydrogen-bond acceptors (Lipinski definition) is 4. The standard InChI is InChI=1S/C16H22BrNO3/c1-14(2)10-16(13(19)20-5,15(3,4)21-14)18-12-8-6-7-11(17)9-12/h6-9,18H,10H2,1-5H3. The number of hydrogen-bond donors (Lipinski definition) is 1. The molecule has 21 heavy (non-hydrogen) atoms. The molecule has 4 nitrogen and oxygen atoms in total. The van der Waals surface area contributed by atoms with Gasteiger partial charge >= 0.3 is 5.97 Å². The van der Waals surface area contributed by atoms with E-state index in [1.165, 1.54) is 7.11 Å². The van der Waals surface area contributed by atoms with Crippen LogP contribution in [0.15, 0.2) is 28.7 Å². The first-order valence-electron chi connectivity index (χ1n) is 6.94. The van der Waals surface area contributed by atoms with Crippen LogP contribution < -0.4 is 5.32 Å². The second-order valence-electron chi connectivity index (χ2n) is 6.58. The summed E-state index contributed by atoms with van der Waals surface area (Å²) < 4.78 is 12.1. The summed E-state index contributed by atoms with van der Waals surface area (Å²) in [7, 11) is 1.41. The van der Waals surface area contributed by atoms with Gasteiger partial charge in [0.1, 0.15) is 0 Å². The van der Waals surface area contributed by atoms with E-state index in [9.17, 15) is 4.79 Å². The highest BCUT2D eigenvalue weighted by atomic mass is 79.9. The normalized spacial score (nSPS) is 26.4. The zero-order chi connectivity index (χ0) is 15.9. The highest BCUT2D eigenvalue weighted by Crippen LogP contribution is 2.47. The van der Waals surface area contributed by atoms with Crippen molar-refractivity contribution in [1.29, 1.82) is 0 Å². The van der Waals surface area contributed by atoms with Gasteiger partial charge in [-0.1, -0.05) is 22.0 Å². The van der Waals surface area contributed by atoms with Crippen LogP contribution in [0.4, 0.5) is 5.69 Å². The van der Waals surface area contributed by atoms with Crippen LogP contribution in [-0.4, -0.2) is 29.8 Å². The fraction of sp³-hybridized carbons (Fsp3) is 0.562. The zero-order valence-electron chi connectivity index (χ0n) is 13.1. The van der Waals surface area contributed by atoms with Crippen LogP contribution in [0.5, 0.6) is 0 Å². The molecule has 1 aromatic carbocycles. The Morgan fingerprint density at radius 2 is 2.00 bits per heavy atom. The minimum Gasteiger partial charge on any atom is -0.467 e. The van der Waals surface area contributed by atoms with Gasteiger partial charge in [0.25, 0.3) is 0 Å². The fourth-order valence-electron chi connectivity index (χ4n) is 3.22. The predicted octanol–water partition coefficient (Wildman–Crippen LogP) is 3.75. The van der Waals surface area contributed by atoms with Crippen LogP contribution in [-0.2, 0) is 14.3 Å². The van der Waals surface area contributed by atoms with E-state index < -0.39 is 16.7 Å². The molecule has 1 N–H and O–H groups in total. The number of rotatable bonds is 3. The molecule has 0 saturated carbocycles. The SMILES string of the molecule is COC(=O)C1(Nc2cccc(Br)c2)CC(C)(C)OC1(C)C. The molecular formula is C16H22BrNO3. The Morgan fingerprint density at radius 3 is 2.48 bits per heavy atom. The number of ether oxygens (including phenoxy) is 2. The first-order valence-corrected chi connectivity index (χ1v) is 7.74. The second kappa shape index (κ2) is 5.29. The maximum atomic E-state index is 12.6. The Hall–Kier alpha value is -1.07. The Bertz CT molecular complexity index is 556. The average Bonchev–Trinajstić information content (AvgIpc) is 2.53. The van der Waals surface area contributed by atoms with Gasteiger partial charge in [0.05, 0.1) is 18.3 Å². The number of benzene rings is 1. The molecule has 0 aliphatic carbocycles. The largest absolute Gasteiger partial charge is 0.467 e. The molecular weight excluding hydrogens is 334 g/mol. The van der Waals surface area contributed by atoms with Crippen LogP contribution in [0, 0.1) is 0 Å². The lowest BCUT2D eigenvalue weighted by molar-refractivity contribution is -0.152. The van der Waals surface area contributed by atoms with Crippen molar-refractivity contribution in [3.63, 3.8) is 0 Å². The number of methoxy groups -OCH3 is 1. The van der Waals surface area contributed by atoms with Crippen LogP contribution in [0.2, 0.25) is 0 Å². The van der Waals surface area contributed by atoms with Gasteiger partial charge in [-0.05, 0) is 45.9 Å². The number of carbonyl (C=O) groups is 1. The lowest BCUT2D eigenvalue weighted by atomic mass is 9.78. The molecule has 1 saturated heterocycles. The summed E-state index contributed by atoms with van der Waals surface area (Å²) in [6, 6.07) is 7.73. The Labute approximate surface area is 134 Å². The number of carbonyl (C=O) groups excluding carboxylic acids is 1. The Kier molecular flexibility index (Phi) is 4.10. The highest BCUT2D eigenvalue weighted by Gasteiger charge is 2.62. The molecule has 5 heteroatoms. The molecule has 1 unspecified atom stereocenters. The van der Waals surface area contributed by atoms with E-state index in [1.807, 2.05) is 52.0 Å². The third-order valence-electron chi connectivity index (χ3n) is 3.97. The lowest BCUT2D eigenvalue weighted by Crippen LogP contribution is -2.59. The molecule has 2 rings (SSSR count). The summed E-state index contributed by atoms with van der Waals surface area (Å²) in [5, 5.41) is 3.36. The summed E-state index contributed by atoms with van der Waals surface area (Å²) >= 11 is 3.45. The molecule has 1 heterocycles. The van der Waals surface area contributed by atoms with Crippen molar-refractivity contribution in [2.45, 2.75) is 50.9 Å². The van der Waals surface area contributed by atoms with E-state index in [4.69, 9.17) is 9.47 Å². The number of anilines is 1. The van der Waals surface area contributed by atoms with E-state index in [2.05, 4.69) is 21.2 Å². The molecule has 1 aromatic rings. The molecule has 1 atom stereocenters. The number of esters is 1. The number of nitrogens with one attached hydrogen (secondary N) is 1. The minimum atomic E-state index is -0.925. The Balaban J connectivity index is 2.46. The summed E-state index contributed by atoms with van der Waals surface area (Å²) in [6.45, 7) is 7.82. The van der Waals surface area contributed by atoms with E-state index in [-0.39, 0.29) is 5.97 Å². The summed E-state index contributed by atoms with van der Waals surface area (Å²) in [5.41, 5.74) is -1.17. The summed E-state index contributed by atoms with van der Waals surface area (Å²) in [6.07, 6.45) is 0.534. The van der Waals surface area contributed by atoms with Crippen molar-refractivity contribution >= 4 is 27.6 Å². The first kappa shape index (κ1) is 16.3. The van der Waals surface area contributed by atoms with Crippen LogP contribution in [0.3, 0.4) is 0 Å². The monoisotopic (exact) mass is 355 g/mol. The van der Waals surface area contributed by atoms with Gasteiger partial charge in [-0.2, -0.15) is 0 Å². The summed E-state index contributed by atoms with van der Waals surface area (Å²) in [4.78, 5) is 12.6. The van der Waals surface area contributed by atoms with Gasteiger partial charge in [-0.3, -0.25) is 0 Å². The third kappa shape index (κ3) is 2.94. The van der Waals surface area contributed by atoms with Crippen molar-refractivity contribution in [3.05, 3.63) is 28.7 Å². The van der Waals surface area contributed by atoms with E-state index in [1.54, 1.807) is 0 Å². The van der Waals surface area contributed by atoms with Gasteiger partial charge in [0, 0.05) is 16.6 Å². The van der Waals surface area contributed by atoms with Gasteiger partial charge < -0.3 is 14.8 Å². The van der Waals surface area contributed by atoms with Crippen molar-refractivity contribution in [2.24, 2.45) is 0 Å². The fourth-order valence-corrected chi connectivity index (χ4v) is 3.62. The molecule has 0 amide bonds. The quantitative estimate of drug-likeness (QED) is 0.838. The van der Waals surface area contributed by atoms with Gasteiger partial charge in [0.2, 0.25) is 0 Å². The van der Waals surface area contributed by atoms with E-state index >= 15 is 0 Å². The number of halogens is 1. The Morgan fingerprint density at radius 1 is 1.33 bits per heavy atom. The van der Waals surface area contributed by atoms with Gasteiger partial charge in [0.15, 0.2) is 5.54 Å². The van der Waals surface area contributed by atoms with E-state index in [0.29, 0.717) is 6.42 Å². The topological polar surface area (TPSA) is 47.6 Å². The third-order valence-corrected chi connectivity index (χ3v) is 4.46. The molecule has 1 aliphatic rings. The van der Waals surface area contributed by atoms with E-state index in [0.717, 1.165) is 10.2 Å². The molecule has 0 bridgehead atoms. The molecule has 0 spiro atoms. The van der Waals surface area contributed by atoms with Crippen molar-refractivity contribution < 1.29 is 14.3 Å².